The molecular weight excluding hydrogens is 260 g/mol. The van der Waals surface area contributed by atoms with Crippen molar-refractivity contribution in [2.75, 3.05) is 20.2 Å². The first-order valence-electron chi connectivity index (χ1n) is 7.52. The van der Waals surface area contributed by atoms with Gasteiger partial charge in [-0.1, -0.05) is 6.42 Å². The highest BCUT2D eigenvalue weighted by molar-refractivity contribution is 5.75. The zero-order valence-electron chi connectivity index (χ0n) is 11.9. The van der Waals surface area contributed by atoms with Crippen molar-refractivity contribution in [2.24, 2.45) is 16.8 Å². The number of aliphatic hydroxyl groups is 3. The Morgan fingerprint density at radius 1 is 1.30 bits per heavy atom. The predicted octanol–water partition coefficient (Wildman–Crippen LogP) is -0.424. The SMILES string of the molecule is CN(CC1CCC1)C1=NC2C(CC(CO)C(O)C2O)O1. The summed E-state index contributed by atoms with van der Waals surface area (Å²) < 4.78 is 5.84. The largest absolute Gasteiger partial charge is 0.459 e. The van der Waals surface area contributed by atoms with Gasteiger partial charge in [0.1, 0.15) is 18.2 Å². The summed E-state index contributed by atoms with van der Waals surface area (Å²) >= 11 is 0. The molecule has 5 unspecified atom stereocenters. The van der Waals surface area contributed by atoms with Gasteiger partial charge in [-0.15, -0.1) is 0 Å². The van der Waals surface area contributed by atoms with E-state index in [1.54, 1.807) is 0 Å². The van der Waals surface area contributed by atoms with Gasteiger partial charge >= 0.3 is 0 Å². The number of aliphatic imine (C=N–C) groups is 1. The predicted molar refractivity (Wildman–Crippen MR) is 73.3 cm³/mol. The van der Waals surface area contributed by atoms with Crippen molar-refractivity contribution in [2.45, 2.75) is 50.0 Å². The molecule has 3 rings (SSSR count). The maximum Gasteiger partial charge on any atom is 0.287 e. The third kappa shape index (κ3) is 2.40. The fourth-order valence-electron chi connectivity index (χ4n) is 3.36. The van der Waals surface area contributed by atoms with Gasteiger partial charge in [0.2, 0.25) is 0 Å². The highest BCUT2D eigenvalue weighted by Crippen LogP contribution is 2.34. The molecule has 20 heavy (non-hydrogen) atoms. The zero-order chi connectivity index (χ0) is 14.3. The molecular formula is C14H24N2O4. The van der Waals surface area contributed by atoms with Gasteiger partial charge < -0.3 is 25.0 Å². The Morgan fingerprint density at radius 2 is 2.05 bits per heavy atom. The summed E-state index contributed by atoms with van der Waals surface area (Å²) in [5.41, 5.74) is 0. The van der Waals surface area contributed by atoms with Gasteiger partial charge in [-0.05, 0) is 25.2 Å². The third-order valence-electron chi connectivity index (χ3n) is 4.93. The molecule has 6 nitrogen and oxygen atoms in total. The molecule has 5 atom stereocenters. The minimum atomic E-state index is -0.958. The maximum absolute atomic E-state index is 10.1. The van der Waals surface area contributed by atoms with E-state index < -0.39 is 18.2 Å². The normalized spacial score (nSPS) is 40.6. The second kappa shape index (κ2) is 5.50. The van der Waals surface area contributed by atoms with E-state index in [0.717, 1.165) is 12.5 Å². The van der Waals surface area contributed by atoms with Crippen LogP contribution in [0.3, 0.4) is 0 Å². The highest BCUT2D eigenvalue weighted by Gasteiger charge is 2.48. The Bertz CT molecular complexity index is 385. The van der Waals surface area contributed by atoms with Crippen molar-refractivity contribution < 1.29 is 20.1 Å². The summed E-state index contributed by atoms with van der Waals surface area (Å²) in [5.74, 6) is 0.382. The highest BCUT2D eigenvalue weighted by atomic mass is 16.5. The molecule has 0 aromatic heterocycles. The van der Waals surface area contributed by atoms with Gasteiger partial charge in [0.25, 0.3) is 6.02 Å². The molecule has 0 spiro atoms. The summed E-state index contributed by atoms with van der Waals surface area (Å²) in [5, 5.41) is 29.3. The maximum atomic E-state index is 10.1. The van der Waals surface area contributed by atoms with Crippen LogP contribution in [0.15, 0.2) is 4.99 Å². The molecule has 2 fully saturated rings. The van der Waals surface area contributed by atoms with Crippen molar-refractivity contribution in [3.63, 3.8) is 0 Å². The fraction of sp³-hybridized carbons (Fsp3) is 0.929. The van der Waals surface area contributed by atoms with Gasteiger partial charge in [0, 0.05) is 26.1 Å². The molecule has 0 bridgehead atoms. The molecule has 0 radical (unpaired) electrons. The fourth-order valence-corrected chi connectivity index (χ4v) is 3.36. The minimum Gasteiger partial charge on any atom is -0.459 e. The Labute approximate surface area is 119 Å². The van der Waals surface area contributed by atoms with Crippen LogP contribution in [-0.4, -0.2) is 70.8 Å². The Balaban J connectivity index is 1.65. The molecule has 0 aromatic rings. The lowest BCUT2D eigenvalue weighted by Crippen LogP contribution is -2.52. The van der Waals surface area contributed by atoms with Crippen molar-refractivity contribution in [3.8, 4) is 0 Å². The van der Waals surface area contributed by atoms with E-state index in [9.17, 15) is 15.3 Å². The second-order valence-electron chi connectivity index (χ2n) is 6.40. The van der Waals surface area contributed by atoms with Gasteiger partial charge in [-0.3, -0.25) is 0 Å². The number of ether oxygens (including phenoxy) is 1. The summed E-state index contributed by atoms with van der Waals surface area (Å²) in [6, 6.07) is 0.156. The lowest BCUT2D eigenvalue weighted by atomic mass is 9.80. The van der Waals surface area contributed by atoms with Crippen LogP contribution in [0.2, 0.25) is 0 Å². The van der Waals surface area contributed by atoms with Crippen LogP contribution in [0.25, 0.3) is 0 Å². The first-order valence-corrected chi connectivity index (χ1v) is 7.52. The summed E-state index contributed by atoms with van der Waals surface area (Å²) in [7, 11) is 1.96. The summed E-state index contributed by atoms with van der Waals surface area (Å²) in [4.78, 5) is 6.46. The Kier molecular flexibility index (Phi) is 3.88. The smallest absolute Gasteiger partial charge is 0.287 e. The van der Waals surface area contributed by atoms with Crippen molar-refractivity contribution >= 4 is 6.02 Å². The van der Waals surface area contributed by atoms with Crippen LogP contribution in [0.1, 0.15) is 25.7 Å². The summed E-state index contributed by atoms with van der Waals surface area (Å²) in [6.07, 6.45) is 2.25. The van der Waals surface area contributed by atoms with Gasteiger partial charge in [0.05, 0.1) is 6.10 Å². The van der Waals surface area contributed by atoms with E-state index in [2.05, 4.69) is 4.99 Å². The number of aliphatic hydroxyl groups excluding tert-OH is 3. The van der Waals surface area contributed by atoms with Gasteiger partial charge in [-0.2, -0.15) is 0 Å². The van der Waals surface area contributed by atoms with Crippen LogP contribution < -0.4 is 0 Å². The topological polar surface area (TPSA) is 85.5 Å². The molecule has 1 aliphatic heterocycles. The van der Waals surface area contributed by atoms with Crippen molar-refractivity contribution in [1.82, 2.24) is 4.90 Å². The van der Waals surface area contributed by atoms with E-state index in [1.807, 2.05) is 11.9 Å². The number of fused-ring (bicyclic) bond motifs is 1. The van der Waals surface area contributed by atoms with Crippen LogP contribution in [0, 0.1) is 11.8 Å². The lowest BCUT2D eigenvalue weighted by molar-refractivity contribution is -0.0955. The second-order valence-corrected chi connectivity index (χ2v) is 6.40. The van der Waals surface area contributed by atoms with Crippen LogP contribution >= 0.6 is 0 Å². The average molecular weight is 284 g/mol. The average Bonchev–Trinajstić information content (AvgIpc) is 2.82. The monoisotopic (exact) mass is 284 g/mol. The Hall–Kier alpha value is -0.850. The first kappa shape index (κ1) is 14.1. The number of nitrogens with zero attached hydrogens (tertiary/aromatic N) is 2. The van der Waals surface area contributed by atoms with Crippen LogP contribution in [0.4, 0.5) is 0 Å². The molecule has 0 saturated heterocycles. The minimum absolute atomic E-state index is 0.141. The molecule has 3 N–H and O–H groups in total. The van der Waals surface area contributed by atoms with Crippen LogP contribution in [-0.2, 0) is 4.74 Å². The number of amidine groups is 1. The van der Waals surface area contributed by atoms with Crippen molar-refractivity contribution in [3.05, 3.63) is 0 Å². The molecule has 114 valence electrons. The standard InChI is InChI=1S/C14H24N2O4/c1-16(6-8-3-2-4-8)14-15-11-10(20-14)5-9(7-17)12(18)13(11)19/h8-13,17-19H,2-7H2,1H3. The third-order valence-corrected chi connectivity index (χ3v) is 4.93. The van der Waals surface area contributed by atoms with E-state index in [1.165, 1.54) is 19.3 Å². The van der Waals surface area contributed by atoms with Crippen molar-refractivity contribution in [1.29, 1.82) is 0 Å². The molecule has 2 aliphatic carbocycles. The summed E-state index contributed by atoms with van der Waals surface area (Å²) in [6.45, 7) is 0.790. The van der Waals surface area contributed by atoms with E-state index >= 15 is 0 Å². The number of hydrogen-bond acceptors (Lipinski definition) is 6. The lowest BCUT2D eigenvalue weighted by Gasteiger charge is -2.36. The molecule has 1 heterocycles. The molecule has 0 amide bonds. The van der Waals surface area contributed by atoms with Gasteiger partial charge in [0.15, 0.2) is 0 Å². The molecule has 3 aliphatic rings. The van der Waals surface area contributed by atoms with E-state index in [-0.39, 0.29) is 18.6 Å². The zero-order valence-corrected chi connectivity index (χ0v) is 11.9. The quantitative estimate of drug-likeness (QED) is 0.655. The van der Waals surface area contributed by atoms with E-state index in [0.29, 0.717) is 12.4 Å². The van der Waals surface area contributed by atoms with Gasteiger partial charge in [-0.25, -0.2) is 4.99 Å². The van der Waals surface area contributed by atoms with E-state index in [4.69, 9.17) is 4.74 Å². The molecule has 2 saturated carbocycles. The Morgan fingerprint density at radius 3 is 2.65 bits per heavy atom. The molecule has 0 aromatic carbocycles. The number of hydrogen-bond donors (Lipinski definition) is 3. The molecule has 6 heteroatoms. The first-order chi connectivity index (χ1) is 9.60. The van der Waals surface area contributed by atoms with Crippen LogP contribution in [0.5, 0.6) is 0 Å². The number of rotatable bonds is 3.